The molecule has 0 fully saturated rings. The molecule has 3 aromatic carbocycles. The standard InChI is InChI=1S/C28H28O4/c1-3-31-26(29)28(27(30)32-4-2,24-18-12-7-13-19-24)25(23-16-10-6-11-17-23)21-20-22-14-8-5-9-15-22/h5-21,25H,3-4H2,1-2H3/b21-20+. The van der Waals surface area contributed by atoms with Gasteiger partial charge < -0.3 is 9.47 Å². The van der Waals surface area contributed by atoms with Gasteiger partial charge in [-0.3, -0.25) is 9.59 Å². The molecule has 0 bridgehead atoms. The number of allylic oxidation sites excluding steroid dienone is 1. The van der Waals surface area contributed by atoms with E-state index in [1.807, 2.05) is 91.0 Å². The Morgan fingerprint density at radius 2 is 1.22 bits per heavy atom. The van der Waals surface area contributed by atoms with Crippen molar-refractivity contribution in [2.45, 2.75) is 25.2 Å². The van der Waals surface area contributed by atoms with Gasteiger partial charge in [0.1, 0.15) is 0 Å². The largest absolute Gasteiger partial charge is 0.465 e. The van der Waals surface area contributed by atoms with E-state index >= 15 is 0 Å². The maximum Gasteiger partial charge on any atom is 0.329 e. The number of hydrogen-bond donors (Lipinski definition) is 0. The first kappa shape index (κ1) is 23.0. The van der Waals surface area contributed by atoms with E-state index in [2.05, 4.69) is 0 Å². The Kier molecular flexibility index (Phi) is 7.98. The van der Waals surface area contributed by atoms with Crippen molar-refractivity contribution in [3.63, 3.8) is 0 Å². The van der Waals surface area contributed by atoms with Gasteiger partial charge in [0.2, 0.25) is 0 Å². The summed E-state index contributed by atoms with van der Waals surface area (Å²) in [7, 11) is 0. The minimum absolute atomic E-state index is 0.150. The minimum Gasteiger partial charge on any atom is -0.465 e. The summed E-state index contributed by atoms with van der Waals surface area (Å²) in [4.78, 5) is 27.3. The third-order valence-corrected chi connectivity index (χ3v) is 5.33. The van der Waals surface area contributed by atoms with Gasteiger partial charge in [0.15, 0.2) is 5.41 Å². The minimum atomic E-state index is -1.69. The zero-order valence-electron chi connectivity index (χ0n) is 18.4. The van der Waals surface area contributed by atoms with Gasteiger partial charge in [-0.15, -0.1) is 0 Å². The van der Waals surface area contributed by atoms with E-state index in [-0.39, 0.29) is 13.2 Å². The zero-order valence-corrected chi connectivity index (χ0v) is 18.4. The second-order valence-corrected chi connectivity index (χ2v) is 7.27. The molecule has 0 aliphatic carbocycles. The van der Waals surface area contributed by atoms with Crippen LogP contribution in [0.3, 0.4) is 0 Å². The fraction of sp³-hybridized carbons (Fsp3) is 0.214. The Balaban J connectivity index is 2.30. The molecule has 164 valence electrons. The monoisotopic (exact) mass is 428 g/mol. The summed E-state index contributed by atoms with van der Waals surface area (Å²) in [6.07, 6.45) is 3.82. The molecule has 4 nitrogen and oxygen atoms in total. The quantitative estimate of drug-likeness (QED) is 0.331. The topological polar surface area (TPSA) is 52.6 Å². The summed E-state index contributed by atoms with van der Waals surface area (Å²) in [5, 5.41) is 0. The first-order valence-corrected chi connectivity index (χ1v) is 10.8. The van der Waals surface area contributed by atoms with Crippen LogP contribution in [0.1, 0.15) is 36.5 Å². The number of benzene rings is 3. The van der Waals surface area contributed by atoms with E-state index in [4.69, 9.17) is 9.47 Å². The zero-order chi connectivity index (χ0) is 22.8. The van der Waals surface area contributed by atoms with Gasteiger partial charge in [-0.2, -0.15) is 0 Å². The third kappa shape index (κ3) is 4.80. The van der Waals surface area contributed by atoms with Crippen molar-refractivity contribution in [2.24, 2.45) is 0 Å². The van der Waals surface area contributed by atoms with Gasteiger partial charge in [-0.25, -0.2) is 0 Å². The van der Waals surface area contributed by atoms with Gasteiger partial charge >= 0.3 is 11.9 Å². The second-order valence-electron chi connectivity index (χ2n) is 7.27. The molecule has 1 unspecified atom stereocenters. The lowest BCUT2D eigenvalue weighted by Gasteiger charge is -2.35. The summed E-state index contributed by atoms with van der Waals surface area (Å²) >= 11 is 0. The summed E-state index contributed by atoms with van der Waals surface area (Å²) in [6.45, 7) is 3.76. The Morgan fingerprint density at radius 3 is 1.72 bits per heavy atom. The van der Waals surface area contributed by atoms with Crippen molar-refractivity contribution in [3.05, 3.63) is 114 Å². The highest BCUT2D eigenvalue weighted by molar-refractivity contribution is 6.08. The normalized spacial score (nSPS) is 12.3. The number of hydrogen-bond acceptors (Lipinski definition) is 4. The summed E-state index contributed by atoms with van der Waals surface area (Å²) in [6, 6.07) is 28.3. The lowest BCUT2D eigenvalue weighted by Crippen LogP contribution is -2.50. The molecule has 0 radical (unpaired) electrons. The fourth-order valence-corrected chi connectivity index (χ4v) is 3.88. The van der Waals surface area contributed by atoms with Crippen LogP contribution in [0.25, 0.3) is 6.08 Å². The number of carbonyl (C=O) groups is 2. The van der Waals surface area contributed by atoms with Gasteiger partial charge in [0, 0.05) is 5.92 Å². The SMILES string of the molecule is CCOC(=O)C(C(=O)OCC)(c1ccccc1)C(/C=C/c1ccccc1)c1ccccc1. The van der Waals surface area contributed by atoms with E-state index in [9.17, 15) is 9.59 Å². The smallest absolute Gasteiger partial charge is 0.329 e. The molecule has 0 saturated carbocycles. The number of ether oxygens (including phenoxy) is 2. The van der Waals surface area contributed by atoms with Gasteiger partial charge in [-0.05, 0) is 30.5 Å². The van der Waals surface area contributed by atoms with Gasteiger partial charge in [-0.1, -0.05) is 103 Å². The van der Waals surface area contributed by atoms with Crippen molar-refractivity contribution in [1.82, 2.24) is 0 Å². The third-order valence-electron chi connectivity index (χ3n) is 5.33. The average molecular weight is 429 g/mol. The predicted molar refractivity (Wildman–Crippen MR) is 126 cm³/mol. The highest BCUT2D eigenvalue weighted by atomic mass is 16.6. The van der Waals surface area contributed by atoms with Crippen LogP contribution in [-0.2, 0) is 24.5 Å². The second kappa shape index (κ2) is 11.1. The van der Waals surface area contributed by atoms with Crippen molar-refractivity contribution in [3.8, 4) is 0 Å². The van der Waals surface area contributed by atoms with E-state index < -0.39 is 23.3 Å². The number of rotatable bonds is 9. The van der Waals surface area contributed by atoms with E-state index in [1.54, 1.807) is 26.0 Å². The molecular weight excluding hydrogens is 400 g/mol. The van der Waals surface area contributed by atoms with Crippen LogP contribution in [0.5, 0.6) is 0 Å². The number of carbonyl (C=O) groups excluding carboxylic acids is 2. The lowest BCUT2D eigenvalue weighted by atomic mass is 9.67. The van der Waals surface area contributed by atoms with E-state index in [0.29, 0.717) is 5.56 Å². The molecule has 0 aromatic heterocycles. The van der Waals surface area contributed by atoms with Crippen LogP contribution in [0.4, 0.5) is 0 Å². The predicted octanol–water partition coefficient (Wildman–Crippen LogP) is 5.55. The fourth-order valence-electron chi connectivity index (χ4n) is 3.88. The Hall–Kier alpha value is -3.66. The van der Waals surface area contributed by atoms with Crippen LogP contribution in [0.2, 0.25) is 0 Å². The van der Waals surface area contributed by atoms with Crippen molar-refractivity contribution >= 4 is 18.0 Å². The average Bonchev–Trinajstić information content (AvgIpc) is 2.84. The van der Waals surface area contributed by atoms with Crippen LogP contribution in [0.15, 0.2) is 97.1 Å². The molecule has 32 heavy (non-hydrogen) atoms. The van der Waals surface area contributed by atoms with Gasteiger partial charge in [0.05, 0.1) is 13.2 Å². The summed E-state index contributed by atoms with van der Waals surface area (Å²) in [5.74, 6) is -1.91. The maximum absolute atomic E-state index is 13.7. The van der Waals surface area contributed by atoms with Crippen molar-refractivity contribution < 1.29 is 19.1 Å². The molecule has 0 N–H and O–H groups in total. The molecule has 4 heteroatoms. The molecule has 0 aliphatic heterocycles. The molecule has 0 saturated heterocycles. The summed E-state index contributed by atoms with van der Waals surface area (Å²) in [5.41, 5.74) is 0.608. The van der Waals surface area contributed by atoms with Crippen LogP contribution >= 0.6 is 0 Å². The molecule has 3 aromatic rings. The first-order valence-electron chi connectivity index (χ1n) is 10.8. The molecule has 0 heterocycles. The Morgan fingerprint density at radius 1 is 0.750 bits per heavy atom. The Bertz CT molecular complexity index is 1010. The molecule has 3 rings (SSSR count). The molecule has 1 atom stereocenters. The first-order chi connectivity index (χ1) is 15.6. The molecule has 0 spiro atoms. The van der Waals surface area contributed by atoms with Crippen LogP contribution in [-0.4, -0.2) is 25.2 Å². The van der Waals surface area contributed by atoms with Crippen LogP contribution in [0, 0.1) is 0 Å². The van der Waals surface area contributed by atoms with E-state index in [0.717, 1.165) is 11.1 Å². The summed E-state index contributed by atoms with van der Waals surface area (Å²) < 4.78 is 11.0. The lowest BCUT2D eigenvalue weighted by molar-refractivity contribution is -0.165. The number of esters is 2. The molecular formula is C28H28O4. The van der Waals surface area contributed by atoms with Crippen LogP contribution < -0.4 is 0 Å². The van der Waals surface area contributed by atoms with Gasteiger partial charge in [0.25, 0.3) is 0 Å². The maximum atomic E-state index is 13.7. The highest BCUT2D eigenvalue weighted by Gasteiger charge is 2.56. The Labute approximate surface area is 189 Å². The van der Waals surface area contributed by atoms with Crippen molar-refractivity contribution in [1.29, 1.82) is 0 Å². The molecule has 0 amide bonds. The molecule has 0 aliphatic rings. The van der Waals surface area contributed by atoms with E-state index in [1.165, 1.54) is 0 Å². The highest BCUT2D eigenvalue weighted by Crippen LogP contribution is 2.43. The van der Waals surface area contributed by atoms with Crippen molar-refractivity contribution in [2.75, 3.05) is 13.2 Å².